The average Bonchev–Trinajstić information content (AvgIpc) is 2.61. The minimum Gasteiger partial charge on any atom is -0.379 e. The highest BCUT2D eigenvalue weighted by Crippen LogP contribution is 2.10. The van der Waals surface area contributed by atoms with Crippen LogP contribution in [0.15, 0.2) is 18.3 Å². The predicted molar refractivity (Wildman–Crippen MR) is 51.5 cm³/mol. The zero-order chi connectivity index (χ0) is 9.10. The normalized spacial score (nSPS) is 24.8. The molecule has 2 rings (SSSR count). The maximum absolute atomic E-state index is 5.38. The Hall–Kier alpha value is -0.800. The van der Waals surface area contributed by atoms with Gasteiger partial charge in [0, 0.05) is 31.0 Å². The lowest BCUT2D eigenvalue weighted by Gasteiger charge is -2.32. The number of hydrogen-bond donors (Lipinski definition) is 1. The summed E-state index contributed by atoms with van der Waals surface area (Å²) in [5, 5.41) is 0. The van der Waals surface area contributed by atoms with Crippen molar-refractivity contribution in [2.75, 3.05) is 19.8 Å². The molecule has 0 radical (unpaired) electrons. The van der Waals surface area contributed by atoms with Crippen LogP contribution in [0.25, 0.3) is 0 Å². The second kappa shape index (κ2) is 3.94. The molecule has 1 aliphatic heterocycles. The molecule has 0 amide bonds. The molecule has 0 aromatic carbocycles. The fraction of sp³-hybridized carbons (Fsp3) is 0.600. The molecule has 1 N–H and O–H groups in total. The van der Waals surface area contributed by atoms with E-state index in [1.54, 1.807) is 0 Å². The summed E-state index contributed by atoms with van der Waals surface area (Å²) in [6.07, 6.45) is 1.97. The summed E-state index contributed by atoms with van der Waals surface area (Å²) in [5.41, 5.74) is 1.29. The smallest absolute Gasteiger partial charge is 0.0619 e. The summed E-state index contributed by atoms with van der Waals surface area (Å²) < 4.78 is 5.38. The van der Waals surface area contributed by atoms with E-state index in [1.165, 1.54) is 5.69 Å². The molecule has 1 aromatic heterocycles. The number of rotatable bonds is 2. The van der Waals surface area contributed by atoms with Crippen molar-refractivity contribution in [3.63, 3.8) is 0 Å². The van der Waals surface area contributed by atoms with Crippen molar-refractivity contribution < 1.29 is 4.74 Å². The number of hydrogen-bond acceptors (Lipinski definition) is 2. The van der Waals surface area contributed by atoms with Gasteiger partial charge in [0.05, 0.1) is 13.2 Å². The number of H-pyrrole nitrogens is 1. The van der Waals surface area contributed by atoms with E-state index in [1.807, 2.05) is 12.3 Å². The molecule has 3 heteroatoms. The van der Waals surface area contributed by atoms with Gasteiger partial charge in [-0.1, -0.05) is 0 Å². The maximum Gasteiger partial charge on any atom is 0.0619 e. The fourth-order valence-electron chi connectivity index (χ4n) is 1.68. The van der Waals surface area contributed by atoms with Crippen LogP contribution in [0.2, 0.25) is 0 Å². The molecule has 3 nitrogen and oxygen atoms in total. The largest absolute Gasteiger partial charge is 0.379 e. The van der Waals surface area contributed by atoms with E-state index in [0.29, 0.717) is 6.04 Å². The number of aromatic amines is 1. The van der Waals surface area contributed by atoms with E-state index >= 15 is 0 Å². The maximum atomic E-state index is 5.38. The predicted octanol–water partition coefficient (Wildman–Crippen LogP) is 1.24. The molecular formula is C10H16N2O. The van der Waals surface area contributed by atoms with Gasteiger partial charge in [0.1, 0.15) is 0 Å². The third-order valence-electron chi connectivity index (χ3n) is 2.54. The molecule has 0 spiro atoms. The molecular weight excluding hydrogens is 164 g/mol. The first-order valence-electron chi connectivity index (χ1n) is 4.80. The summed E-state index contributed by atoms with van der Waals surface area (Å²) >= 11 is 0. The Labute approximate surface area is 78.7 Å². The van der Waals surface area contributed by atoms with E-state index in [9.17, 15) is 0 Å². The quantitative estimate of drug-likeness (QED) is 0.741. The highest BCUT2D eigenvalue weighted by molar-refractivity contribution is 5.03. The number of morpholine rings is 1. The van der Waals surface area contributed by atoms with Crippen molar-refractivity contribution in [3.8, 4) is 0 Å². The Kier molecular flexibility index (Phi) is 2.66. The lowest BCUT2D eigenvalue weighted by atomic mass is 10.2. The van der Waals surface area contributed by atoms with Crippen LogP contribution >= 0.6 is 0 Å². The number of nitrogens with one attached hydrogen (secondary N) is 1. The molecule has 1 atom stereocenters. The Morgan fingerprint density at radius 3 is 3.31 bits per heavy atom. The second-order valence-electron chi connectivity index (χ2n) is 3.59. The molecule has 2 heterocycles. The van der Waals surface area contributed by atoms with Crippen LogP contribution < -0.4 is 0 Å². The van der Waals surface area contributed by atoms with Crippen molar-refractivity contribution in [1.29, 1.82) is 0 Å². The van der Waals surface area contributed by atoms with Gasteiger partial charge in [0.25, 0.3) is 0 Å². The molecule has 0 unspecified atom stereocenters. The average molecular weight is 180 g/mol. The van der Waals surface area contributed by atoms with Crippen LogP contribution in [0.1, 0.15) is 12.6 Å². The molecule has 0 saturated carbocycles. The minimum atomic E-state index is 0.539. The lowest BCUT2D eigenvalue weighted by Crippen LogP contribution is -2.42. The van der Waals surface area contributed by atoms with Crippen molar-refractivity contribution in [3.05, 3.63) is 24.0 Å². The third-order valence-corrected chi connectivity index (χ3v) is 2.54. The van der Waals surface area contributed by atoms with Gasteiger partial charge in [-0.2, -0.15) is 0 Å². The molecule has 1 aliphatic rings. The van der Waals surface area contributed by atoms with Crippen LogP contribution in [-0.4, -0.2) is 35.7 Å². The van der Waals surface area contributed by atoms with Gasteiger partial charge < -0.3 is 9.72 Å². The number of nitrogens with zero attached hydrogens (tertiary/aromatic N) is 1. The zero-order valence-electron chi connectivity index (χ0n) is 7.99. The van der Waals surface area contributed by atoms with Crippen LogP contribution in [0.4, 0.5) is 0 Å². The Bertz CT molecular complexity index is 245. The topological polar surface area (TPSA) is 28.3 Å². The summed E-state index contributed by atoms with van der Waals surface area (Å²) in [6, 6.07) is 4.71. The zero-order valence-corrected chi connectivity index (χ0v) is 7.99. The van der Waals surface area contributed by atoms with Crippen LogP contribution in [0, 0.1) is 0 Å². The first-order chi connectivity index (χ1) is 6.36. The fourth-order valence-corrected chi connectivity index (χ4v) is 1.68. The van der Waals surface area contributed by atoms with E-state index in [0.717, 1.165) is 26.3 Å². The van der Waals surface area contributed by atoms with Gasteiger partial charge in [-0.05, 0) is 19.1 Å². The third kappa shape index (κ3) is 2.11. The summed E-state index contributed by atoms with van der Waals surface area (Å²) in [7, 11) is 0. The molecule has 1 fully saturated rings. The Balaban J connectivity index is 1.93. The van der Waals surface area contributed by atoms with Crippen molar-refractivity contribution in [1.82, 2.24) is 9.88 Å². The first-order valence-corrected chi connectivity index (χ1v) is 4.80. The first kappa shape index (κ1) is 8.78. The van der Waals surface area contributed by atoms with Gasteiger partial charge in [0.2, 0.25) is 0 Å². The highest BCUT2D eigenvalue weighted by Gasteiger charge is 2.18. The summed E-state index contributed by atoms with van der Waals surface area (Å²) in [4.78, 5) is 5.66. The lowest BCUT2D eigenvalue weighted by molar-refractivity contribution is -0.00484. The molecule has 1 saturated heterocycles. The standard InChI is InChI=1S/C10H16N2O/c1-9-8-13-6-5-12(9)7-10-3-2-4-11-10/h2-4,9,11H,5-8H2,1H3/t9-/m1/s1. The van der Waals surface area contributed by atoms with E-state index < -0.39 is 0 Å². The van der Waals surface area contributed by atoms with E-state index in [-0.39, 0.29) is 0 Å². The van der Waals surface area contributed by atoms with Gasteiger partial charge in [-0.25, -0.2) is 0 Å². The van der Waals surface area contributed by atoms with Gasteiger partial charge in [0.15, 0.2) is 0 Å². The monoisotopic (exact) mass is 180 g/mol. The van der Waals surface area contributed by atoms with Crippen LogP contribution in [0.5, 0.6) is 0 Å². The summed E-state index contributed by atoms with van der Waals surface area (Å²) in [6.45, 7) is 5.99. The Morgan fingerprint density at radius 1 is 1.69 bits per heavy atom. The molecule has 13 heavy (non-hydrogen) atoms. The molecule has 0 bridgehead atoms. The summed E-state index contributed by atoms with van der Waals surface area (Å²) in [5.74, 6) is 0. The van der Waals surface area contributed by atoms with Crippen LogP contribution in [0.3, 0.4) is 0 Å². The molecule has 1 aromatic rings. The second-order valence-corrected chi connectivity index (χ2v) is 3.59. The van der Waals surface area contributed by atoms with Crippen molar-refractivity contribution in [2.45, 2.75) is 19.5 Å². The van der Waals surface area contributed by atoms with Gasteiger partial charge in [-0.15, -0.1) is 0 Å². The highest BCUT2D eigenvalue weighted by atomic mass is 16.5. The van der Waals surface area contributed by atoms with E-state index in [4.69, 9.17) is 4.74 Å². The van der Waals surface area contributed by atoms with Crippen molar-refractivity contribution >= 4 is 0 Å². The van der Waals surface area contributed by atoms with Crippen molar-refractivity contribution in [2.24, 2.45) is 0 Å². The SMILES string of the molecule is C[C@@H]1COCCN1Cc1ccc[nH]1. The van der Waals surface area contributed by atoms with Crippen LogP contribution in [-0.2, 0) is 11.3 Å². The molecule has 0 aliphatic carbocycles. The minimum absolute atomic E-state index is 0.539. The number of ether oxygens (including phenoxy) is 1. The molecule has 72 valence electrons. The van der Waals surface area contributed by atoms with Gasteiger partial charge >= 0.3 is 0 Å². The van der Waals surface area contributed by atoms with E-state index in [2.05, 4.69) is 22.9 Å². The van der Waals surface area contributed by atoms with Gasteiger partial charge in [-0.3, -0.25) is 4.90 Å². The Morgan fingerprint density at radius 2 is 2.62 bits per heavy atom. The number of aromatic nitrogens is 1.